The van der Waals surface area contributed by atoms with Gasteiger partial charge in [-0.1, -0.05) is 29.8 Å². The van der Waals surface area contributed by atoms with Crippen LogP contribution in [0.2, 0.25) is 5.02 Å². The summed E-state index contributed by atoms with van der Waals surface area (Å²) in [5.41, 5.74) is 2.14. The standard InChI is InChI=1S/C18H16ClN3O2/c1-13-4-2-6-15(10-13)20-18(23)17-8-9-22(21-17)12-24-16-7-3-5-14(19)11-16/h2-11H,12H2,1H3,(H,20,23). The van der Waals surface area contributed by atoms with Crippen molar-refractivity contribution in [2.24, 2.45) is 0 Å². The maximum Gasteiger partial charge on any atom is 0.276 e. The molecule has 0 unspecified atom stereocenters. The molecule has 0 aliphatic rings. The van der Waals surface area contributed by atoms with Gasteiger partial charge in [0.15, 0.2) is 12.4 Å². The van der Waals surface area contributed by atoms with Gasteiger partial charge in [0.1, 0.15) is 5.75 Å². The Bertz CT molecular complexity index is 861. The van der Waals surface area contributed by atoms with Crippen molar-refractivity contribution < 1.29 is 9.53 Å². The van der Waals surface area contributed by atoms with Gasteiger partial charge in [0, 0.05) is 16.9 Å². The molecule has 1 N–H and O–H groups in total. The average Bonchev–Trinajstić information content (AvgIpc) is 3.02. The summed E-state index contributed by atoms with van der Waals surface area (Å²) < 4.78 is 7.13. The third kappa shape index (κ3) is 4.14. The summed E-state index contributed by atoms with van der Waals surface area (Å²) in [6.45, 7) is 2.16. The van der Waals surface area contributed by atoms with Crippen molar-refractivity contribution in [2.45, 2.75) is 13.7 Å². The van der Waals surface area contributed by atoms with Gasteiger partial charge in [-0.25, -0.2) is 4.68 Å². The van der Waals surface area contributed by atoms with E-state index < -0.39 is 0 Å². The highest BCUT2D eigenvalue weighted by atomic mass is 35.5. The van der Waals surface area contributed by atoms with E-state index in [1.165, 1.54) is 0 Å². The van der Waals surface area contributed by atoms with Crippen LogP contribution >= 0.6 is 11.6 Å². The van der Waals surface area contributed by atoms with Gasteiger partial charge in [0.25, 0.3) is 5.91 Å². The van der Waals surface area contributed by atoms with Crippen molar-refractivity contribution in [1.29, 1.82) is 0 Å². The first-order chi connectivity index (χ1) is 11.6. The lowest BCUT2D eigenvalue weighted by atomic mass is 10.2. The van der Waals surface area contributed by atoms with Gasteiger partial charge >= 0.3 is 0 Å². The number of nitrogens with zero attached hydrogens (tertiary/aromatic N) is 2. The van der Waals surface area contributed by atoms with E-state index in [0.29, 0.717) is 16.5 Å². The van der Waals surface area contributed by atoms with Gasteiger partial charge in [-0.15, -0.1) is 0 Å². The molecule has 3 rings (SSSR count). The van der Waals surface area contributed by atoms with Gasteiger partial charge < -0.3 is 10.1 Å². The topological polar surface area (TPSA) is 56.2 Å². The first-order valence-electron chi connectivity index (χ1n) is 7.40. The molecule has 5 nitrogen and oxygen atoms in total. The molecule has 2 aromatic carbocycles. The molecule has 0 atom stereocenters. The molecule has 0 fully saturated rings. The molecular formula is C18H16ClN3O2. The average molecular weight is 342 g/mol. The molecule has 1 heterocycles. The zero-order valence-corrected chi connectivity index (χ0v) is 13.8. The SMILES string of the molecule is Cc1cccc(NC(=O)c2ccn(COc3cccc(Cl)c3)n2)c1. The van der Waals surface area contributed by atoms with Crippen molar-refractivity contribution in [3.8, 4) is 5.75 Å². The van der Waals surface area contributed by atoms with Gasteiger partial charge in [-0.3, -0.25) is 4.79 Å². The number of halogens is 1. The van der Waals surface area contributed by atoms with E-state index in [4.69, 9.17) is 16.3 Å². The van der Waals surface area contributed by atoms with E-state index in [9.17, 15) is 4.79 Å². The van der Waals surface area contributed by atoms with E-state index in [-0.39, 0.29) is 12.6 Å². The van der Waals surface area contributed by atoms with Crippen LogP contribution in [0.15, 0.2) is 60.8 Å². The summed E-state index contributed by atoms with van der Waals surface area (Å²) in [5, 5.41) is 7.64. The minimum Gasteiger partial charge on any atom is -0.471 e. The van der Waals surface area contributed by atoms with Crippen LogP contribution in [0.3, 0.4) is 0 Å². The fourth-order valence-corrected chi connectivity index (χ4v) is 2.35. The number of hydrogen-bond donors (Lipinski definition) is 1. The fraction of sp³-hybridized carbons (Fsp3) is 0.111. The summed E-state index contributed by atoms with van der Waals surface area (Å²) in [6.07, 6.45) is 1.69. The Morgan fingerprint density at radius 2 is 2.04 bits per heavy atom. The maximum absolute atomic E-state index is 12.2. The maximum atomic E-state index is 12.2. The van der Waals surface area contributed by atoms with Crippen LogP contribution in [-0.4, -0.2) is 15.7 Å². The molecule has 0 aliphatic carbocycles. The van der Waals surface area contributed by atoms with Crippen molar-refractivity contribution >= 4 is 23.2 Å². The number of benzene rings is 2. The minimum absolute atomic E-state index is 0.193. The molecular weight excluding hydrogens is 326 g/mol. The lowest BCUT2D eigenvalue weighted by Crippen LogP contribution is -2.14. The molecule has 3 aromatic rings. The lowest BCUT2D eigenvalue weighted by molar-refractivity contribution is 0.102. The first kappa shape index (κ1) is 16.1. The Balaban J connectivity index is 1.61. The molecule has 0 radical (unpaired) electrons. The van der Waals surface area contributed by atoms with E-state index in [0.717, 1.165) is 11.3 Å². The van der Waals surface area contributed by atoms with Crippen LogP contribution in [0.25, 0.3) is 0 Å². The number of ether oxygens (including phenoxy) is 1. The Morgan fingerprint density at radius 1 is 1.21 bits per heavy atom. The predicted molar refractivity (Wildman–Crippen MR) is 93.4 cm³/mol. The van der Waals surface area contributed by atoms with Crippen LogP contribution in [-0.2, 0) is 6.73 Å². The highest BCUT2D eigenvalue weighted by Gasteiger charge is 2.10. The van der Waals surface area contributed by atoms with E-state index in [1.807, 2.05) is 37.3 Å². The second-order valence-electron chi connectivity index (χ2n) is 5.29. The van der Waals surface area contributed by atoms with Gasteiger partial charge in [0.2, 0.25) is 0 Å². The molecule has 122 valence electrons. The molecule has 24 heavy (non-hydrogen) atoms. The smallest absolute Gasteiger partial charge is 0.276 e. The molecule has 0 spiro atoms. The Kier molecular flexibility index (Phi) is 4.82. The molecule has 1 aromatic heterocycles. The first-order valence-corrected chi connectivity index (χ1v) is 7.78. The van der Waals surface area contributed by atoms with Crippen LogP contribution in [0.5, 0.6) is 5.75 Å². The number of nitrogens with one attached hydrogen (secondary N) is 1. The Hall–Kier alpha value is -2.79. The number of hydrogen-bond acceptors (Lipinski definition) is 3. The van der Waals surface area contributed by atoms with E-state index >= 15 is 0 Å². The van der Waals surface area contributed by atoms with Crippen molar-refractivity contribution in [3.63, 3.8) is 0 Å². The number of carbonyl (C=O) groups is 1. The highest BCUT2D eigenvalue weighted by molar-refractivity contribution is 6.30. The largest absolute Gasteiger partial charge is 0.471 e. The predicted octanol–water partition coefficient (Wildman–Crippen LogP) is 4.13. The second-order valence-corrected chi connectivity index (χ2v) is 5.73. The van der Waals surface area contributed by atoms with Crippen molar-refractivity contribution in [3.05, 3.63) is 77.1 Å². The number of amides is 1. The van der Waals surface area contributed by atoms with Gasteiger partial charge in [-0.2, -0.15) is 5.10 Å². The summed E-state index contributed by atoms with van der Waals surface area (Å²) in [6, 6.07) is 16.3. The second kappa shape index (κ2) is 7.19. The number of aryl methyl sites for hydroxylation is 1. The highest BCUT2D eigenvalue weighted by Crippen LogP contribution is 2.17. The zero-order chi connectivity index (χ0) is 16.9. The van der Waals surface area contributed by atoms with Crippen LogP contribution in [0, 0.1) is 6.92 Å². The number of aromatic nitrogens is 2. The monoisotopic (exact) mass is 341 g/mol. The third-order valence-electron chi connectivity index (χ3n) is 3.31. The van der Waals surface area contributed by atoms with Crippen LogP contribution in [0.1, 0.15) is 16.1 Å². The summed E-state index contributed by atoms with van der Waals surface area (Å²) in [4.78, 5) is 12.2. The van der Waals surface area contributed by atoms with Gasteiger partial charge in [0.05, 0.1) is 0 Å². The molecule has 0 saturated heterocycles. The number of carbonyl (C=O) groups excluding carboxylic acids is 1. The molecule has 0 saturated carbocycles. The summed E-state index contributed by atoms with van der Waals surface area (Å²) in [5.74, 6) is 0.380. The molecule has 6 heteroatoms. The normalized spacial score (nSPS) is 10.4. The zero-order valence-electron chi connectivity index (χ0n) is 13.1. The number of anilines is 1. The minimum atomic E-state index is -0.262. The van der Waals surface area contributed by atoms with E-state index in [1.54, 1.807) is 35.1 Å². The third-order valence-corrected chi connectivity index (χ3v) is 3.54. The van der Waals surface area contributed by atoms with E-state index in [2.05, 4.69) is 10.4 Å². The fourth-order valence-electron chi connectivity index (χ4n) is 2.17. The van der Waals surface area contributed by atoms with Crippen LogP contribution in [0.4, 0.5) is 5.69 Å². The summed E-state index contributed by atoms with van der Waals surface area (Å²) >= 11 is 5.91. The van der Waals surface area contributed by atoms with Crippen molar-refractivity contribution in [2.75, 3.05) is 5.32 Å². The number of rotatable bonds is 5. The lowest BCUT2D eigenvalue weighted by Gasteiger charge is -2.06. The molecule has 1 amide bonds. The van der Waals surface area contributed by atoms with Crippen LogP contribution < -0.4 is 10.1 Å². The Morgan fingerprint density at radius 3 is 2.83 bits per heavy atom. The Labute approximate surface area is 144 Å². The summed E-state index contributed by atoms with van der Waals surface area (Å²) in [7, 11) is 0. The molecule has 0 bridgehead atoms. The van der Waals surface area contributed by atoms with Gasteiger partial charge in [-0.05, 0) is 48.9 Å². The quantitative estimate of drug-likeness (QED) is 0.759. The van der Waals surface area contributed by atoms with Crippen molar-refractivity contribution in [1.82, 2.24) is 9.78 Å². The molecule has 0 aliphatic heterocycles.